The van der Waals surface area contributed by atoms with Crippen molar-refractivity contribution in [2.24, 2.45) is 11.7 Å². The van der Waals surface area contributed by atoms with E-state index in [4.69, 9.17) is 17.3 Å². The topological polar surface area (TPSA) is 29.3 Å². The maximum atomic E-state index is 6.09. The molecule has 3 unspecified atom stereocenters. The fraction of sp³-hybridized carbons (Fsp3) is 0.600. The van der Waals surface area contributed by atoms with Crippen molar-refractivity contribution in [3.05, 3.63) is 34.9 Å². The molecule has 2 nitrogen and oxygen atoms in total. The molecule has 1 aliphatic heterocycles. The molecule has 0 aromatic heterocycles. The zero-order valence-electron chi connectivity index (χ0n) is 11.3. The van der Waals surface area contributed by atoms with Gasteiger partial charge in [-0.15, -0.1) is 0 Å². The summed E-state index contributed by atoms with van der Waals surface area (Å²) in [7, 11) is 0. The van der Waals surface area contributed by atoms with Gasteiger partial charge in [-0.3, -0.25) is 4.90 Å². The molecule has 18 heavy (non-hydrogen) atoms. The predicted octanol–water partition coefficient (Wildman–Crippen LogP) is 3.46. The van der Waals surface area contributed by atoms with Gasteiger partial charge in [0.25, 0.3) is 0 Å². The maximum absolute atomic E-state index is 6.09. The lowest BCUT2D eigenvalue weighted by atomic mass is 9.90. The second-order valence-electron chi connectivity index (χ2n) is 5.52. The van der Waals surface area contributed by atoms with Crippen molar-refractivity contribution in [3.63, 3.8) is 0 Å². The van der Waals surface area contributed by atoms with Crippen molar-refractivity contribution in [2.75, 3.05) is 13.1 Å². The smallest absolute Gasteiger partial charge is 0.0473 e. The Morgan fingerprint density at radius 3 is 2.83 bits per heavy atom. The number of hydrogen-bond donors (Lipinski definition) is 1. The Hall–Kier alpha value is -0.570. The van der Waals surface area contributed by atoms with Crippen LogP contribution < -0.4 is 5.73 Å². The number of halogens is 1. The summed E-state index contributed by atoms with van der Waals surface area (Å²) in [5.41, 5.74) is 7.24. The normalized spacial score (nSPS) is 27.1. The Balaban J connectivity index is 2.18. The van der Waals surface area contributed by atoms with Crippen LogP contribution in [0.4, 0.5) is 0 Å². The van der Waals surface area contributed by atoms with Crippen molar-refractivity contribution in [1.82, 2.24) is 4.90 Å². The molecule has 3 heteroatoms. The van der Waals surface area contributed by atoms with E-state index in [-0.39, 0.29) is 0 Å². The third kappa shape index (κ3) is 3.05. The first-order valence-corrected chi connectivity index (χ1v) is 7.21. The Morgan fingerprint density at radius 2 is 2.22 bits per heavy atom. The van der Waals surface area contributed by atoms with E-state index < -0.39 is 0 Å². The zero-order valence-corrected chi connectivity index (χ0v) is 12.0. The first-order chi connectivity index (χ1) is 8.61. The van der Waals surface area contributed by atoms with Crippen LogP contribution in [0.2, 0.25) is 5.02 Å². The molecule has 3 atom stereocenters. The van der Waals surface area contributed by atoms with E-state index in [2.05, 4.69) is 24.8 Å². The minimum Gasteiger partial charge on any atom is -0.329 e. The molecule has 0 radical (unpaired) electrons. The molecular weight excluding hydrogens is 244 g/mol. The molecule has 100 valence electrons. The number of rotatable bonds is 3. The second kappa shape index (κ2) is 6.05. The predicted molar refractivity (Wildman–Crippen MR) is 77.8 cm³/mol. The summed E-state index contributed by atoms with van der Waals surface area (Å²) < 4.78 is 0. The molecular formula is C15H23ClN2. The Morgan fingerprint density at radius 1 is 1.44 bits per heavy atom. The number of benzene rings is 1. The number of piperidine rings is 1. The molecule has 0 aliphatic carbocycles. The molecule has 0 bridgehead atoms. The molecule has 2 rings (SSSR count). The van der Waals surface area contributed by atoms with Crippen molar-refractivity contribution < 1.29 is 0 Å². The SMILES string of the molecule is CC1CCN(C(CN)c2cccc(Cl)c2)C(C)C1. The lowest BCUT2D eigenvalue weighted by molar-refractivity contribution is 0.0847. The van der Waals surface area contributed by atoms with Crippen LogP contribution in [0.15, 0.2) is 24.3 Å². The van der Waals surface area contributed by atoms with Gasteiger partial charge in [-0.2, -0.15) is 0 Å². The molecule has 1 fully saturated rings. The molecule has 1 aromatic carbocycles. The standard InChI is InChI=1S/C15H23ClN2/c1-11-6-7-18(12(2)8-11)15(10-17)13-4-3-5-14(16)9-13/h3-5,9,11-12,15H,6-8,10,17H2,1-2H3. The fourth-order valence-corrected chi connectivity index (χ4v) is 3.26. The number of nitrogens with zero attached hydrogens (tertiary/aromatic N) is 1. The van der Waals surface area contributed by atoms with Crippen molar-refractivity contribution in [1.29, 1.82) is 0 Å². The molecule has 2 N–H and O–H groups in total. The summed E-state index contributed by atoms with van der Waals surface area (Å²) in [6.07, 6.45) is 2.53. The molecule has 0 saturated carbocycles. The first kappa shape index (κ1) is 13.9. The lowest BCUT2D eigenvalue weighted by Gasteiger charge is -2.41. The minimum atomic E-state index is 0.297. The van der Waals surface area contributed by atoms with Crippen molar-refractivity contribution >= 4 is 11.6 Å². The molecule has 1 heterocycles. The molecule has 0 amide bonds. The van der Waals surface area contributed by atoms with Crippen LogP contribution in [0.3, 0.4) is 0 Å². The molecule has 1 aromatic rings. The average Bonchev–Trinajstić information content (AvgIpc) is 2.33. The van der Waals surface area contributed by atoms with E-state index in [9.17, 15) is 0 Å². The van der Waals surface area contributed by atoms with Crippen molar-refractivity contribution in [3.8, 4) is 0 Å². The largest absolute Gasteiger partial charge is 0.329 e. The number of likely N-dealkylation sites (tertiary alicyclic amines) is 1. The van der Waals surface area contributed by atoms with E-state index in [0.717, 1.165) is 17.5 Å². The van der Waals surface area contributed by atoms with Crippen LogP contribution in [0, 0.1) is 5.92 Å². The van der Waals surface area contributed by atoms with E-state index >= 15 is 0 Å². The Bertz CT molecular complexity index is 394. The first-order valence-electron chi connectivity index (χ1n) is 6.83. The monoisotopic (exact) mass is 266 g/mol. The van der Waals surface area contributed by atoms with Gasteiger partial charge >= 0.3 is 0 Å². The third-order valence-corrected chi connectivity index (χ3v) is 4.28. The molecule has 0 spiro atoms. The third-order valence-electron chi connectivity index (χ3n) is 4.05. The van der Waals surface area contributed by atoms with E-state index in [1.54, 1.807) is 0 Å². The van der Waals surface area contributed by atoms with Crippen LogP contribution in [0.1, 0.15) is 38.3 Å². The van der Waals surface area contributed by atoms with Gasteiger partial charge in [0.2, 0.25) is 0 Å². The van der Waals surface area contributed by atoms with Gasteiger partial charge in [-0.25, -0.2) is 0 Å². The average molecular weight is 267 g/mol. The minimum absolute atomic E-state index is 0.297. The van der Waals surface area contributed by atoms with E-state index in [1.165, 1.54) is 18.4 Å². The van der Waals surface area contributed by atoms with Crippen molar-refractivity contribution in [2.45, 2.75) is 38.8 Å². The van der Waals surface area contributed by atoms with Crippen LogP contribution in [-0.4, -0.2) is 24.0 Å². The van der Waals surface area contributed by atoms with Gasteiger partial charge < -0.3 is 5.73 Å². The summed E-state index contributed by atoms with van der Waals surface area (Å²) in [6.45, 7) is 6.43. The highest BCUT2D eigenvalue weighted by Crippen LogP contribution is 2.31. The highest BCUT2D eigenvalue weighted by Gasteiger charge is 2.28. The highest BCUT2D eigenvalue weighted by molar-refractivity contribution is 6.30. The Kier molecular flexibility index (Phi) is 4.66. The number of hydrogen-bond acceptors (Lipinski definition) is 2. The Labute approximate surface area is 115 Å². The highest BCUT2D eigenvalue weighted by atomic mass is 35.5. The van der Waals surface area contributed by atoms with E-state index in [1.807, 2.05) is 18.2 Å². The van der Waals surface area contributed by atoms with Crippen LogP contribution in [0.25, 0.3) is 0 Å². The fourth-order valence-electron chi connectivity index (χ4n) is 3.07. The van der Waals surface area contributed by atoms with Gasteiger partial charge in [0, 0.05) is 23.7 Å². The van der Waals surface area contributed by atoms with Gasteiger partial charge in [-0.1, -0.05) is 30.7 Å². The van der Waals surface area contributed by atoms with Crippen LogP contribution in [-0.2, 0) is 0 Å². The maximum Gasteiger partial charge on any atom is 0.0473 e. The van der Waals surface area contributed by atoms with Crippen LogP contribution in [0.5, 0.6) is 0 Å². The van der Waals surface area contributed by atoms with Gasteiger partial charge in [0.1, 0.15) is 0 Å². The number of nitrogens with two attached hydrogens (primary N) is 1. The summed E-state index contributed by atoms with van der Waals surface area (Å²) in [5.74, 6) is 0.828. The summed E-state index contributed by atoms with van der Waals surface area (Å²) in [4.78, 5) is 2.53. The second-order valence-corrected chi connectivity index (χ2v) is 5.96. The summed E-state index contributed by atoms with van der Waals surface area (Å²) in [5, 5.41) is 0.795. The van der Waals surface area contributed by atoms with Gasteiger partial charge in [0.05, 0.1) is 0 Å². The molecule has 1 saturated heterocycles. The van der Waals surface area contributed by atoms with Gasteiger partial charge in [-0.05, 0) is 49.9 Å². The van der Waals surface area contributed by atoms with Crippen LogP contribution >= 0.6 is 11.6 Å². The van der Waals surface area contributed by atoms with E-state index in [0.29, 0.717) is 18.6 Å². The lowest BCUT2D eigenvalue weighted by Crippen LogP contribution is -2.44. The summed E-state index contributed by atoms with van der Waals surface area (Å²) in [6, 6.07) is 9.00. The summed E-state index contributed by atoms with van der Waals surface area (Å²) >= 11 is 6.09. The zero-order chi connectivity index (χ0) is 13.1. The molecule has 1 aliphatic rings. The quantitative estimate of drug-likeness (QED) is 0.908. The van der Waals surface area contributed by atoms with Gasteiger partial charge in [0.15, 0.2) is 0 Å².